The van der Waals surface area contributed by atoms with Crippen LogP contribution in [0.15, 0.2) is 0 Å². The first-order valence-corrected chi connectivity index (χ1v) is 8.24. The van der Waals surface area contributed by atoms with Gasteiger partial charge in [-0.05, 0) is 65.6 Å². The molecule has 0 aromatic rings. The van der Waals surface area contributed by atoms with Crippen LogP contribution in [0.25, 0.3) is 0 Å². The first-order chi connectivity index (χ1) is 8.24. The summed E-state index contributed by atoms with van der Waals surface area (Å²) in [6, 6.07) is 0. The first-order valence-electron chi connectivity index (χ1n) is 8.24. The van der Waals surface area contributed by atoms with Crippen LogP contribution in [0.1, 0.15) is 93.9 Å². The van der Waals surface area contributed by atoms with E-state index in [1.807, 2.05) is 0 Å². The van der Waals surface area contributed by atoms with Gasteiger partial charge in [-0.25, -0.2) is 0 Å². The van der Waals surface area contributed by atoms with E-state index >= 15 is 0 Å². The van der Waals surface area contributed by atoms with Crippen molar-refractivity contribution in [3.05, 3.63) is 0 Å². The van der Waals surface area contributed by atoms with Crippen LogP contribution in [0.3, 0.4) is 0 Å². The highest BCUT2D eigenvalue weighted by Crippen LogP contribution is 2.65. The second-order valence-corrected chi connectivity index (χ2v) is 11.2. The van der Waals surface area contributed by atoms with E-state index in [2.05, 4.69) is 55.4 Å². The molecule has 0 heterocycles. The maximum Gasteiger partial charge on any atom is -0.0277 e. The maximum absolute atomic E-state index is 2.50. The van der Waals surface area contributed by atoms with Crippen LogP contribution in [0, 0.1) is 27.1 Å². The Kier molecular flexibility index (Phi) is 3.25. The van der Waals surface area contributed by atoms with Crippen LogP contribution in [-0.4, -0.2) is 0 Å². The summed E-state index contributed by atoms with van der Waals surface area (Å²) in [6.07, 6.45) is 8.55. The molecular formula is C19H36. The van der Waals surface area contributed by atoms with E-state index in [1.165, 1.54) is 38.5 Å². The van der Waals surface area contributed by atoms with Gasteiger partial charge < -0.3 is 0 Å². The Labute approximate surface area is 121 Å². The summed E-state index contributed by atoms with van der Waals surface area (Å²) in [5.74, 6) is 0. The molecule has 112 valence electrons. The van der Waals surface area contributed by atoms with E-state index in [-0.39, 0.29) is 0 Å². The molecule has 2 aliphatic rings. The van der Waals surface area contributed by atoms with Crippen molar-refractivity contribution in [3.63, 3.8) is 0 Å². The molecule has 0 bridgehead atoms. The molecular weight excluding hydrogens is 228 g/mol. The van der Waals surface area contributed by atoms with Gasteiger partial charge in [0.2, 0.25) is 0 Å². The van der Waals surface area contributed by atoms with Gasteiger partial charge >= 0.3 is 0 Å². The molecule has 0 N–H and O–H groups in total. The third kappa shape index (κ3) is 3.56. The minimum Gasteiger partial charge on any atom is -0.0599 e. The van der Waals surface area contributed by atoms with Crippen molar-refractivity contribution >= 4 is 0 Å². The lowest BCUT2D eigenvalue weighted by molar-refractivity contribution is -0.0915. The van der Waals surface area contributed by atoms with E-state index in [4.69, 9.17) is 0 Å². The SMILES string of the molecule is CC1(C)CC(C)(C)CC2(C1)CC(C)(C)CC(C)(C)C2. The number of hydrogen-bond acceptors (Lipinski definition) is 0. The van der Waals surface area contributed by atoms with Gasteiger partial charge in [0.25, 0.3) is 0 Å². The summed E-state index contributed by atoms with van der Waals surface area (Å²) >= 11 is 0. The van der Waals surface area contributed by atoms with Gasteiger partial charge in [-0.3, -0.25) is 0 Å². The zero-order valence-electron chi connectivity index (χ0n) is 14.7. The highest BCUT2D eigenvalue weighted by Gasteiger charge is 2.53. The first kappa shape index (κ1) is 15.4. The lowest BCUT2D eigenvalue weighted by atomic mass is 9.45. The van der Waals surface area contributed by atoms with Crippen LogP contribution in [0.4, 0.5) is 0 Å². The highest BCUT2D eigenvalue weighted by atomic mass is 14.6. The van der Waals surface area contributed by atoms with E-state index in [0.717, 1.165) is 0 Å². The Morgan fingerprint density at radius 2 is 0.579 bits per heavy atom. The Hall–Kier alpha value is 0. The highest BCUT2D eigenvalue weighted by molar-refractivity contribution is 5.04. The Morgan fingerprint density at radius 3 is 0.789 bits per heavy atom. The zero-order chi connectivity index (χ0) is 14.7. The van der Waals surface area contributed by atoms with E-state index in [9.17, 15) is 0 Å². The number of hydrogen-bond donors (Lipinski definition) is 0. The zero-order valence-corrected chi connectivity index (χ0v) is 14.7. The Morgan fingerprint density at radius 1 is 0.368 bits per heavy atom. The van der Waals surface area contributed by atoms with Crippen molar-refractivity contribution in [2.75, 3.05) is 0 Å². The molecule has 0 amide bonds. The van der Waals surface area contributed by atoms with Crippen LogP contribution in [0.2, 0.25) is 0 Å². The lowest BCUT2D eigenvalue weighted by Crippen LogP contribution is -2.49. The van der Waals surface area contributed by atoms with Crippen LogP contribution < -0.4 is 0 Å². The quantitative estimate of drug-likeness (QED) is 0.472. The normalized spacial score (nSPS) is 34.1. The molecule has 0 aliphatic heterocycles. The van der Waals surface area contributed by atoms with Crippen molar-refractivity contribution in [2.45, 2.75) is 93.9 Å². The van der Waals surface area contributed by atoms with Gasteiger partial charge in [0.15, 0.2) is 0 Å². The molecule has 0 heteroatoms. The predicted octanol–water partition coefficient (Wildman–Crippen LogP) is 6.45. The third-order valence-electron chi connectivity index (χ3n) is 5.33. The minimum atomic E-state index is 0.519. The molecule has 2 saturated carbocycles. The summed E-state index contributed by atoms with van der Waals surface area (Å²) in [6.45, 7) is 20.0. The van der Waals surface area contributed by atoms with E-state index < -0.39 is 0 Å². The molecule has 2 fully saturated rings. The summed E-state index contributed by atoms with van der Waals surface area (Å²) in [7, 11) is 0. The van der Waals surface area contributed by atoms with Gasteiger partial charge in [0.05, 0.1) is 0 Å². The van der Waals surface area contributed by atoms with Gasteiger partial charge in [-0.15, -0.1) is 0 Å². The fourth-order valence-electron chi connectivity index (χ4n) is 7.28. The van der Waals surface area contributed by atoms with Crippen molar-refractivity contribution in [1.82, 2.24) is 0 Å². The Balaban J connectivity index is 2.35. The second-order valence-electron chi connectivity index (χ2n) is 11.2. The maximum atomic E-state index is 2.50. The van der Waals surface area contributed by atoms with Crippen molar-refractivity contribution in [2.24, 2.45) is 27.1 Å². The van der Waals surface area contributed by atoms with E-state index in [1.54, 1.807) is 0 Å². The summed E-state index contributed by atoms with van der Waals surface area (Å²) in [5.41, 5.74) is 2.67. The second kappa shape index (κ2) is 4.01. The van der Waals surface area contributed by atoms with Gasteiger partial charge in [-0.1, -0.05) is 55.4 Å². The van der Waals surface area contributed by atoms with E-state index in [0.29, 0.717) is 27.1 Å². The predicted molar refractivity (Wildman–Crippen MR) is 85.3 cm³/mol. The standard InChI is InChI=1S/C19H36/c1-15(2)9-16(3,4)12-19(11-15)13-17(5,6)10-18(7,8)14-19/h9-14H2,1-8H3. The molecule has 0 radical (unpaired) electrons. The Bertz CT molecular complexity index is 283. The van der Waals surface area contributed by atoms with Crippen molar-refractivity contribution < 1.29 is 0 Å². The van der Waals surface area contributed by atoms with Crippen molar-refractivity contribution in [1.29, 1.82) is 0 Å². The average molecular weight is 264 g/mol. The van der Waals surface area contributed by atoms with Gasteiger partial charge in [0, 0.05) is 0 Å². The summed E-state index contributed by atoms with van der Waals surface area (Å²) < 4.78 is 0. The topological polar surface area (TPSA) is 0 Å². The summed E-state index contributed by atoms with van der Waals surface area (Å²) in [5, 5.41) is 0. The van der Waals surface area contributed by atoms with Crippen LogP contribution in [0.5, 0.6) is 0 Å². The molecule has 2 rings (SSSR count). The largest absolute Gasteiger partial charge is 0.0599 e. The van der Waals surface area contributed by atoms with Crippen molar-refractivity contribution in [3.8, 4) is 0 Å². The minimum absolute atomic E-state index is 0.519. The molecule has 0 nitrogen and oxygen atoms in total. The molecule has 2 aliphatic carbocycles. The average Bonchev–Trinajstić information content (AvgIpc) is 1.84. The van der Waals surface area contributed by atoms with Crippen LogP contribution in [-0.2, 0) is 0 Å². The molecule has 0 unspecified atom stereocenters. The monoisotopic (exact) mass is 264 g/mol. The van der Waals surface area contributed by atoms with Gasteiger partial charge in [0.1, 0.15) is 0 Å². The lowest BCUT2D eigenvalue weighted by Gasteiger charge is -2.60. The van der Waals surface area contributed by atoms with Gasteiger partial charge in [-0.2, -0.15) is 0 Å². The fourth-order valence-corrected chi connectivity index (χ4v) is 7.28. The molecule has 1 spiro atoms. The summed E-state index contributed by atoms with van der Waals surface area (Å²) in [4.78, 5) is 0. The third-order valence-corrected chi connectivity index (χ3v) is 5.33. The molecule has 0 aromatic carbocycles. The smallest absolute Gasteiger partial charge is 0.0277 e. The molecule has 0 atom stereocenters. The number of rotatable bonds is 0. The van der Waals surface area contributed by atoms with Crippen LogP contribution >= 0.6 is 0 Å². The molecule has 0 aromatic heterocycles. The molecule has 19 heavy (non-hydrogen) atoms. The fraction of sp³-hybridized carbons (Fsp3) is 1.00. The molecule has 0 saturated heterocycles.